The first-order valence-electron chi connectivity index (χ1n) is 5.01. The third-order valence-corrected chi connectivity index (χ3v) is 2.71. The standard InChI is InChI=1S/C12H14O4/c1-7-9-3-8(5-13)4-10(15-2)12(9)16-11(7)6-14/h3-4,13-14H,5-6H2,1-2H3. The third-order valence-electron chi connectivity index (χ3n) is 2.71. The van der Waals surface area contributed by atoms with E-state index in [1.54, 1.807) is 13.2 Å². The molecule has 2 aromatic rings. The second-order valence-corrected chi connectivity index (χ2v) is 3.64. The second kappa shape index (κ2) is 4.15. The number of aliphatic hydroxyl groups excluding tert-OH is 2. The number of fused-ring (bicyclic) bond motifs is 1. The molecule has 1 aromatic carbocycles. The van der Waals surface area contributed by atoms with Gasteiger partial charge < -0.3 is 19.4 Å². The van der Waals surface area contributed by atoms with E-state index in [-0.39, 0.29) is 13.2 Å². The van der Waals surface area contributed by atoms with Crippen molar-refractivity contribution in [1.82, 2.24) is 0 Å². The van der Waals surface area contributed by atoms with Crippen molar-refractivity contribution < 1.29 is 19.4 Å². The largest absolute Gasteiger partial charge is 0.493 e. The van der Waals surface area contributed by atoms with E-state index in [4.69, 9.17) is 19.4 Å². The van der Waals surface area contributed by atoms with Gasteiger partial charge >= 0.3 is 0 Å². The first kappa shape index (κ1) is 11.0. The maximum Gasteiger partial charge on any atom is 0.176 e. The minimum absolute atomic E-state index is 0.0502. The highest BCUT2D eigenvalue weighted by Crippen LogP contribution is 2.33. The average molecular weight is 222 g/mol. The molecule has 0 fully saturated rings. The topological polar surface area (TPSA) is 62.8 Å². The zero-order chi connectivity index (χ0) is 11.7. The summed E-state index contributed by atoms with van der Waals surface area (Å²) >= 11 is 0. The predicted octanol–water partition coefficient (Wildman–Crippen LogP) is 1.73. The molecule has 1 heterocycles. The molecule has 0 aliphatic carbocycles. The van der Waals surface area contributed by atoms with Crippen LogP contribution >= 0.6 is 0 Å². The number of hydrogen-bond donors (Lipinski definition) is 2. The molecule has 0 unspecified atom stereocenters. The maximum absolute atomic E-state index is 9.14. The van der Waals surface area contributed by atoms with Gasteiger partial charge in [0.15, 0.2) is 11.3 Å². The molecule has 0 spiro atoms. The first-order valence-corrected chi connectivity index (χ1v) is 5.01. The zero-order valence-electron chi connectivity index (χ0n) is 9.28. The van der Waals surface area contributed by atoms with Crippen molar-refractivity contribution in [3.05, 3.63) is 29.0 Å². The van der Waals surface area contributed by atoms with Crippen molar-refractivity contribution in [2.75, 3.05) is 7.11 Å². The SMILES string of the molecule is COc1cc(CO)cc2c(C)c(CO)oc12. The quantitative estimate of drug-likeness (QED) is 0.830. The van der Waals surface area contributed by atoms with Gasteiger partial charge in [-0.3, -0.25) is 0 Å². The Morgan fingerprint density at radius 3 is 2.56 bits per heavy atom. The number of aliphatic hydroxyl groups is 2. The summed E-state index contributed by atoms with van der Waals surface area (Å²) in [6.45, 7) is 1.68. The van der Waals surface area contributed by atoms with Crippen molar-refractivity contribution in [1.29, 1.82) is 0 Å². The van der Waals surface area contributed by atoms with Gasteiger partial charge in [0.2, 0.25) is 0 Å². The van der Waals surface area contributed by atoms with Crippen molar-refractivity contribution in [3.63, 3.8) is 0 Å². The molecule has 16 heavy (non-hydrogen) atoms. The Balaban J connectivity index is 2.76. The monoisotopic (exact) mass is 222 g/mol. The van der Waals surface area contributed by atoms with E-state index in [2.05, 4.69) is 0 Å². The Hall–Kier alpha value is -1.52. The zero-order valence-corrected chi connectivity index (χ0v) is 9.28. The van der Waals surface area contributed by atoms with Crippen molar-refractivity contribution in [3.8, 4) is 5.75 Å². The summed E-state index contributed by atoms with van der Waals surface area (Å²) in [5.41, 5.74) is 2.25. The smallest absolute Gasteiger partial charge is 0.176 e. The molecule has 0 aliphatic rings. The van der Waals surface area contributed by atoms with E-state index in [0.29, 0.717) is 17.1 Å². The average Bonchev–Trinajstić information content (AvgIpc) is 2.65. The van der Waals surface area contributed by atoms with Gasteiger partial charge in [-0.2, -0.15) is 0 Å². The Morgan fingerprint density at radius 2 is 2.00 bits per heavy atom. The van der Waals surface area contributed by atoms with Crippen LogP contribution in [0.3, 0.4) is 0 Å². The lowest BCUT2D eigenvalue weighted by molar-refractivity contribution is 0.249. The second-order valence-electron chi connectivity index (χ2n) is 3.64. The minimum Gasteiger partial charge on any atom is -0.493 e. The van der Waals surface area contributed by atoms with Gasteiger partial charge in [-0.15, -0.1) is 0 Å². The molecule has 0 bridgehead atoms. The number of furan rings is 1. The minimum atomic E-state index is -0.141. The van der Waals surface area contributed by atoms with Gasteiger partial charge in [-0.05, 0) is 24.6 Å². The number of methoxy groups -OCH3 is 1. The number of aryl methyl sites for hydroxylation is 1. The Kier molecular flexibility index (Phi) is 2.85. The van der Waals surface area contributed by atoms with Crippen LogP contribution in [-0.2, 0) is 13.2 Å². The fourth-order valence-electron chi connectivity index (χ4n) is 1.79. The number of benzene rings is 1. The maximum atomic E-state index is 9.14. The number of ether oxygens (including phenoxy) is 1. The molecule has 1 aromatic heterocycles. The van der Waals surface area contributed by atoms with Crippen LogP contribution in [0.2, 0.25) is 0 Å². The summed E-state index contributed by atoms with van der Waals surface area (Å²) in [7, 11) is 1.55. The fourth-order valence-corrected chi connectivity index (χ4v) is 1.79. The van der Waals surface area contributed by atoms with E-state index in [1.165, 1.54) is 0 Å². The van der Waals surface area contributed by atoms with Gasteiger partial charge in [0.25, 0.3) is 0 Å². The highest BCUT2D eigenvalue weighted by atomic mass is 16.5. The lowest BCUT2D eigenvalue weighted by atomic mass is 10.1. The summed E-state index contributed by atoms with van der Waals surface area (Å²) in [4.78, 5) is 0. The Bertz CT molecular complexity index is 513. The predicted molar refractivity (Wildman–Crippen MR) is 59.3 cm³/mol. The molecule has 4 heteroatoms. The van der Waals surface area contributed by atoms with Gasteiger partial charge in [-0.1, -0.05) is 0 Å². The van der Waals surface area contributed by atoms with Crippen LogP contribution in [0.4, 0.5) is 0 Å². The fraction of sp³-hybridized carbons (Fsp3) is 0.333. The third kappa shape index (κ3) is 1.56. The van der Waals surface area contributed by atoms with Gasteiger partial charge in [-0.25, -0.2) is 0 Å². The van der Waals surface area contributed by atoms with Crippen LogP contribution in [0.25, 0.3) is 11.0 Å². The molecule has 2 rings (SSSR count). The van der Waals surface area contributed by atoms with Gasteiger partial charge in [0.1, 0.15) is 12.4 Å². The highest BCUT2D eigenvalue weighted by Gasteiger charge is 2.14. The van der Waals surface area contributed by atoms with Gasteiger partial charge in [0.05, 0.1) is 13.7 Å². The summed E-state index contributed by atoms with van der Waals surface area (Å²) < 4.78 is 10.7. The summed E-state index contributed by atoms with van der Waals surface area (Å²) in [5, 5.41) is 19.1. The lowest BCUT2D eigenvalue weighted by Crippen LogP contribution is -1.88. The molecule has 0 saturated carbocycles. The number of rotatable bonds is 3. The van der Waals surface area contributed by atoms with Crippen molar-refractivity contribution >= 4 is 11.0 Å². The number of hydrogen-bond acceptors (Lipinski definition) is 4. The van der Waals surface area contributed by atoms with Crippen molar-refractivity contribution in [2.45, 2.75) is 20.1 Å². The van der Waals surface area contributed by atoms with Crippen LogP contribution in [0, 0.1) is 6.92 Å². The molecule has 0 amide bonds. The lowest BCUT2D eigenvalue weighted by Gasteiger charge is -2.03. The van der Waals surface area contributed by atoms with E-state index in [1.807, 2.05) is 13.0 Å². The van der Waals surface area contributed by atoms with E-state index in [9.17, 15) is 0 Å². The molecule has 0 saturated heterocycles. The molecule has 0 aliphatic heterocycles. The Labute approximate surface area is 93.1 Å². The summed E-state index contributed by atoms with van der Waals surface area (Å²) in [6, 6.07) is 3.57. The van der Waals surface area contributed by atoms with E-state index < -0.39 is 0 Å². The van der Waals surface area contributed by atoms with Crippen LogP contribution in [-0.4, -0.2) is 17.3 Å². The molecule has 4 nitrogen and oxygen atoms in total. The summed E-state index contributed by atoms with van der Waals surface area (Å²) in [5.74, 6) is 1.10. The molecule has 2 N–H and O–H groups in total. The van der Waals surface area contributed by atoms with Crippen LogP contribution < -0.4 is 4.74 Å². The van der Waals surface area contributed by atoms with Crippen LogP contribution in [0.1, 0.15) is 16.9 Å². The molecular weight excluding hydrogens is 208 g/mol. The molecule has 0 radical (unpaired) electrons. The Morgan fingerprint density at radius 1 is 1.25 bits per heavy atom. The molecular formula is C12H14O4. The van der Waals surface area contributed by atoms with Crippen LogP contribution in [0.15, 0.2) is 16.5 Å². The van der Waals surface area contributed by atoms with Gasteiger partial charge in [0, 0.05) is 10.9 Å². The first-order chi connectivity index (χ1) is 7.71. The van der Waals surface area contributed by atoms with Crippen molar-refractivity contribution in [2.24, 2.45) is 0 Å². The highest BCUT2D eigenvalue weighted by molar-refractivity contribution is 5.87. The normalized spacial score (nSPS) is 11.0. The van der Waals surface area contributed by atoms with E-state index >= 15 is 0 Å². The molecule has 86 valence electrons. The molecule has 0 atom stereocenters. The summed E-state index contributed by atoms with van der Waals surface area (Å²) in [6.07, 6.45) is 0. The van der Waals surface area contributed by atoms with E-state index in [0.717, 1.165) is 16.5 Å². The van der Waals surface area contributed by atoms with Crippen LogP contribution in [0.5, 0.6) is 5.75 Å².